The molecule has 3 aromatic rings. The standard InChI is InChI=1S/C28H26/c1-5-10-21-19(6-2)28-25-16-15-20-17(3)11-9-14-23(20)26(25)18(4)27(28)24-13-8-7-12-22(21)24/h5-10,12-18H,2,11H2,1,3-4H3/b10-5-. The second kappa shape index (κ2) is 6.34. The number of hydrogen-bond donors (Lipinski definition) is 0. The van der Waals surface area contributed by atoms with Crippen LogP contribution in [0.15, 0.2) is 55.1 Å². The van der Waals surface area contributed by atoms with Crippen molar-refractivity contribution in [3.8, 4) is 11.1 Å². The molecule has 0 nitrogen and oxygen atoms in total. The smallest absolute Gasteiger partial charge is 0.00857 e. The summed E-state index contributed by atoms with van der Waals surface area (Å²) < 4.78 is 0. The normalized spacial score (nSPS) is 19.7. The lowest BCUT2D eigenvalue weighted by molar-refractivity contribution is 0.767. The molecule has 5 rings (SSSR count). The molecule has 2 aliphatic carbocycles. The molecule has 0 spiro atoms. The Labute approximate surface area is 167 Å². The number of benzene rings is 3. The van der Waals surface area contributed by atoms with Crippen LogP contribution in [0, 0.1) is 0 Å². The van der Waals surface area contributed by atoms with Crippen LogP contribution in [0.1, 0.15) is 72.4 Å². The third kappa shape index (κ3) is 2.18. The number of allylic oxidation sites excluding steroid dienone is 2. The summed E-state index contributed by atoms with van der Waals surface area (Å²) in [6, 6.07) is 13.6. The number of hydrogen-bond acceptors (Lipinski definition) is 0. The monoisotopic (exact) mass is 362 g/mol. The maximum Gasteiger partial charge on any atom is 0.00857 e. The Bertz CT molecular complexity index is 1190. The molecule has 0 amide bonds. The molecule has 0 saturated heterocycles. The first-order valence-corrected chi connectivity index (χ1v) is 10.3. The Morgan fingerprint density at radius 3 is 2.50 bits per heavy atom. The average molecular weight is 363 g/mol. The molecule has 0 heterocycles. The van der Waals surface area contributed by atoms with E-state index < -0.39 is 0 Å². The molecule has 0 radical (unpaired) electrons. The van der Waals surface area contributed by atoms with Gasteiger partial charge in [-0.05, 0) is 74.5 Å². The maximum atomic E-state index is 4.21. The van der Waals surface area contributed by atoms with E-state index >= 15 is 0 Å². The summed E-state index contributed by atoms with van der Waals surface area (Å²) >= 11 is 0. The Morgan fingerprint density at radius 1 is 0.964 bits per heavy atom. The molecule has 138 valence electrons. The zero-order valence-corrected chi connectivity index (χ0v) is 16.9. The SMILES string of the molecule is C=Cc1c2c(c3ccccc3c1/C=C\C)C(C)c1c-2ccc2c1C=CCC2C. The zero-order chi connectivity index (χ0) is 19.4. The first-order valence-electron chi connectivity index (χ1n) is 10.3. The van der Waals surface area contributed by atoms with Gasteiger partial charge in [-0.25, -0.2) is 0 Å². The predicted octanol–water partition coefficient (Wildman–Crippen LogP) is 8.17. The van der Waals surface area contributed by atoms with Crippen LogP contribution in [0.25, 0.3) is 40.1 Å². The van der Waals surface area contributed by atoms with Crippen LogP contribution >= 0.6 is 0 Å². The van der Waals surface area contributed by atoms with Crippen LogP contribution in [0.5, 0.6) is 0 Å². The highest BCUT2D eigenvalue weighted by atomic mass is 14.4. The van der Waals surface area contributed by atoms with Gasteiger partial charge in [-0.2, -0.15) is 0 Å². The molecule has 0 saturated carbocycles. The zero-order valence-electron chi connectivity index (χ0n) is 16.9. The van der Waals surface area contributed by atoms with E-state index in [4.69, 9.17) is 0 Å². The van der Waals surface area contributed by atoms with Gasteiger partial charge in [0.1, 0.15) is 0 Å². The molecular formula is C28H26. The van der Waals surface area contributed by atoms with E-state index in [0.29, 0.717) is 11.8 Å². The summed E-state index contributed by atoms with van der Waals surface area (Å²) in [5, 5.41) is 2.70. The Balaban J connectivity index is 1.95. The molecule has 0 heteroatoms. The molecule has 0 N–H and O–H groups in total. The number of rotatable bonds is 2. The summed E-state index contributed by atoms with van der Waals surface area (Å²) in [7, 11) is 0. The second-order valence-electron chi connectivity index (χ2n) is 8.16. The Hall–Kier alpha value is -2.86. The molecule has 2 atom stereocenters. The molecule has 0 fully saturated rings. The third-order valence-corrected chi connectivity index (χ3v) is 6.64. The van der Waals surface area contributed by atoms with E-state index in [1.165, 1.54) is 55.3 Å². The van der Waals surface area contributed by atoms with Crippen molar-refractivity contribution in [1.29, 1.82) is 0 Å². The largest absolute Gasteiger partial charge is 0.0984 e. The van der Waals surface area contributed by atoms with Crippen molar-refractivity contribution in [3.05, 3.63) is 88.5 Å². The molecule has 0 bridgehead atoms. The summed E-state index contributed by atoms with van der Waals surface area (Å²) in [6.45, 7) is 11.0. The van der Waals surface area contributed by atoms with Gasteiger partial charge in [0.2, 0.25) is 0 Å². The minimum Gasteiger partial charge on any atom is -0.0984 e. The van der Waals surface area contributed by atoms with Crippen molar-refractivity contribution >= 4 is 29.0 Å². The number of fused-ring (bicyclic) bond motifs is 7. The quantitative estimate of drug-likeness (QED) is 0.431. The van der Waals surface area contributed by atoms with Crippen molar-refractivity contribution in [3.63, 3.8) is 0 Å². The van der Waals surface area contributed by atoms with Gasteiger partial charge in [-0.1, -0.05) is 87.2 Å². The molecule has 2 unspecified atom stereocenters. The molecule has 3 aromatic carbocycles. The highest BCUT2D eigenvalue weighted by molar-refractivity contribution is 6.06. The van der Waals surface area contributed by atoms with Crippen LogP contribution in [0.3, 0.4) is 0 Å². The van der Waals surface area contributed by atoms with Crippen molar-refractivity contribution in [2.45, 2.75) is 39.0 Å². The highest BCUT2D eigenvalue weighted by Crippen LogP contribution is 2.54. The van der Waals surface area contributed by atoms with Gasteiger partial charge in [-0.15, -0.1) is 0 Å². The Morgan fingerprint density at radius 2 is 1.75 bits per heavy atom. The summed E-state index contributed by atoms with van der Waals surface area (Å²) in [5.41, 5.74) is 11.3. The van der Waals surface area contributed by atoms with E-state index in [1.807, 2.05) is 0 Å². The fourth-order valence-electron chi connectivity index (χ4n) is 5.43. The summed E-state index contributed by atoms with van der Waals surface area (Å²) in [5.74, 6) is 0.980. The topological polar surface area (TPSA) is 0 Å². The molecule has 0 aliphatic heterocycles. The van der Waals surface area contributed by atoms with Gasteiger partial charge in [0.15, 0.2) is 0 Å². The maximum absolute atomic E-state index is 4.21. The molecule has 0 aromatic heterocycles. The summed E-state index contributed by atoms with van der Waals surface area (Å²) in [4.78, 5) is 0. The predicted molar refractivity (Wildman–Crippen MR) is 124 cm³/mol. The van der Waals surface area contributed by atoms with E-state index in [-0.39, 0.29) is 0 Å². The molecule has 2 aliphatic rings. The van der Waals surface area contributed by atoms with Crippen LogP contribution in [-0.2, 0) is 0 Å². The minimum absolute atomic E-state index is 0.387. The minimum atomic E-state index is 0.387. The van der Waals surface area contributed by atoms with Gasteiger partial charge in [0, 0.05) is 5.92 Å². The second-order valence-corrected chi connectivity index (χ2v) is 8.16. The lowest BCUT2D eigenvalue weighted by Crippen LogP contribution is -2.04. The van der Waals surface area contributed by atoms with Gasteiger partial charge < -0.3 is 0 Å². The van der Waals surface area contributed by atoms with E-state index in [0.717, 1.165) is 6.42 Å². The lowest BCUT2D eigenvalue weighted by Gasteiger charge is -2.22. The van der Waals surface area contributed by atoms with Crippen molar-refractivity contribution in [2.75, 3.05) is 0 Å². The van der Waals surface area contributed by atoms with Crippen molar-refractivity contribution in [2.24, 2.45) is 0 Å². The van der Waals surface area contributed by atoms with E-state index in [2.05, 4.69) is 94.1 Å². The van der Waals surface area contributed by atoms with Crippen LogP contribution in [0.2, 0.25) is 0 Å². The highest BCUT2D eigenvalue weighted by Gasteiger charge is 2.33. The van der Waals surface area contributed by atoms with Gasteiger partial charge in [0.25, 0.3) is 0 Å². The molecular weight excluding hydrogens is 336 g/mol. The lowest BCUT2D eigenvalue weighted by atomic mass is 9.82. The third-order valence-electron chi connectivity index (χ3n) is 6.64. The first kappa shape index (κ1) is 17.3. The average Bonchev–Trinajstić information content (AvgIpc) is 3.02. The van der Waals surface area contributed by atoms with Crippen molar-refractivity contribution in [1.82, 2.24) is 0 Å². The van der Waals surface area contributed by atoms with Crippen LogP contribution in [-0.4, -0.2) is 0 Å². The van der Waals surface area contributed by atoms with Crippen molar-refractivity contribution < 1.29 is 0 Å². The molecule has 28 heavy (non-hydrogen) atoms. The fourth-order valence-corrected chi connectivity index (χ4v) is 5.43. The fraction of sp³-hybridized carbons (Fsp3) is 0.214. The first-order chi connectivity index (χ1) is 13.7. The van der Waals surface area contributed by atoms with Gasteiger partial charge >= 0.3 is 0 Å². The van der Waals surface area contributed by atoms with E-state index in [1.54, 1.807) is 0 Å². The van der Waals surface area contributed by atoms with Crippen LogP contribution < -0.4 is 0 Å². The Kier molecular flexibility index (Phi) is 3.91. The van der Waals surface area contributed by atoms with Gasteiger partial charge in [-0.3, -0.25) is 0 Å². The summed E-state index contributed by atoms with van der Waals surface area (Å²) in [6.07, 6.45) is 12.3. The van der Waals surface area contributed by atoms with E-state index in [9.17, 15) is 0 Å². The van der Waals surface area contributed by atoms with Gasteiger partial charge in [0.05, 0.1) is 0 Å². The van der Waals surface area contributed by atoms with Crippen LogP contribution in [0.4, 0.5) is 0 Å².